The van der Waals surface area contributed by atoms with Gasteiger partial charge in [-0.05, 0) is 38.5 Å². The Bertz CT molecular complexity index is 1050. The van der Waals surface area contributed by atoms with Crippen molar-refractivity contribution in [3.63, 3.8) is 0 Å². The van der Waals surface area contributed by atoms with Gasteiger partial charge in [0.05, 0.1) is 6.42 Å². The molecule has 0 unspecified atom stereocenters. The van der Waals surface area contributed by atoms with Gasteiger partial charge in [-0.25, -0.2) is 0 Å². The molecular formula is C23H23NO4. The molecule has 0 spiro atoms. The highest BCUT2D eigenvalue weighted by Crippen LogP contribution is 2.20. The first-order chi connectivity index (χ1) is 13.4. The molecule has 0 aliphatic carbocycles. The second-order valence-corrected chi connectivity index (χ2v) is 6.99. The van der Waals surface area contributed by atoms with Crippen molar-refractivity contribution >= 4 is 28.4 Å². The van der Waals surface area contributed by atoms with Crippen molar-refractivity contribution in [3.05, 3.63) is 70.9 Å². The molecule has 3 aromatic rings. The summed E-state index contributed by atoms with van der Waals surface area (Å²) in [4.78, 5) is 40.2. The fourth-order valence-corrected chi connectivity index (χ4v) is 3.19. The monoisotopic (exact) mass is 377 g/mol. The Morgan fingerprint density at radius 3 is 2.54 bits per heavy atom. The molecule has 0 fully saturated rings. The van der Waals surface area contributed by atoms with E-state index >= 15 is 0 Å². The van der Waals surface area contributed by atoms with Crippen LogP contribution in [0.5, 0.6) is 0 Å². The number of benzene rings is 2. The minimum Gasteiger partial charge on any atom is -0.454 e. The lowest BCUT2D eigenvalue weighted by molar-refractivity contribution is -0.146. The van der Waals surface area contributed by atoms with Crippen LogP contribution in [0.1, 0.15) is 51.6 Å². The minimum absolute atomic E-state index is 0.0527. The van der Waals surface area contributed by atoms with Gasteiger partial charge in [-0.1, -0.05) is 35.9 Å². The average molecular weight is 377 g/mol. The average Bonchev–Trinajstić information content (AvgIpc) is 3.11. The third kappa shape index (κ3) is 4.19. The molecule has 0 aliphatic rings. The predicted octanol–water partition coefficient (Wildman–Crippen LogP) is 4.56. The van der Waals surface area contributed by atoms with Gasteiger partial charge in [0.1, 0.15) is 0 Å². The third-order valence-electron chi connectivity index (χ3n) is 4.78. The molecule has 0 saturated carbocycles. The second kappa shape index (κ2) is 8.21. The Labute approximate surface area is 163 Å². The summed E-state index contributed by atoms with van der Waals surface area (Å²) in [6.45, 7) is 5.34. The maximum atomic E-state index is 12.6. The van der Waals surface area contributed by atoms with Crippen LogP contribution in [0, 0.1) is 13.8 Å². The van der Waals surface area contributed by atoms with E-state index in [4.69, 9.17) is 4.74 Å². The third-order valence-corrected chi connectivity index (χ3v) is 4.78. The Hall–Kier alpha value is -3.21. The van der Waals surface area contributed by atoms with Gasteiger partial charge in [0.15, 0.2) is 11.9 Å². The van der Waals surface area contributed by atoms with Gasteiger partial charge in [-0.15, -0.1) is 0 Å². The molecule has 144 valence electrons. The van der Waals surface area contributed by atoms with Gasteiger partial charge in [0.2, 0.25) is 5.78 Å². The summed E-state index contributed by atoms with van der Waals surface area (Å²) in [7, 11) is 0. The number of ketones is 2. The molecule has 3 rings (SSSR count). The maximum absolute atomic E-state index is 12.6. The lowest BCUT2D eigenvalue weighted by atomic mass is 9.99. The molecule has 1 aromatic heterocycles. The number of Topliss-reactive ketones (excluding diaryl/α,β-unsaturated/α-hetero) is 2. The molecule has 5 nitrogen and oxygen atoms in total. The fourth-order valence-electron chi connectivity index (χ4n) is 3.19. The van der Waals surface area contributed by atoms with Crippen molar-refractivity contribution < 1.29 is 19.1 Å². The predicted molar refractivity (Wildman–Crippen MR) is 108 cm³/mol. The smallest absolute Gasteiger partial charge is 0.306 e. The van der Waals surface area contributed by atoms with Crippen LogP contribution in [0.4, 0.5) is 0 Å². The number of H-pyrrole nitrogens is 1. The van der Waals surface area contributed by atoms with Gasteiger partial charge in [-0.3, -0.25) is 14.4 Å². The zero-order chi connectivity index (χ0) is 20.3. The van der Waals surface area contributed by atoms with Crippen LogP contribution < -0.4 is 0 Å². The molecule has 1 atom stereocenters. The summed E-state index contributed by atoms with van der Waals surface area (Å²) < 4.78 is 5.27. The highest BCUT2D eigenvalue weighted by Gasteiger charge is 2.22. The first kappa shape index (κ1) is 19.5. The topological polar surface area (TPSA) is 76.2 Å². The standard InChI is InChI=1S/C23H23NO4/c1-14-8-9-15(2)18(12-14)21(25)10-11-22(26)28-16(3)23(27)19-13-24-20-7-5-4-6-17(19)20/h4-9,12-13,16,24H,10-11H2,1-3H3/t16-/m1/s1. The van der Waals surface area contributed by atoms with Gasteiger partial charge < -0.3 is 9.72 Å². The molecule has 2 aromatic carbocycles. The van der Waals surface area contributed by atoms with Crippen molar-refractivity contribution in [2.24, 2.45) is 0 Å². The molecule has 0 bridgehead atoms. The molecule has 0 radical (unpaired) electrons. The van der Waals surface area contributed by atoms with Gasteiger partial charge in [-0.2, -0.15) is 0 Å². The zero-order valence-corrected chi connectivity index (χ0v) is 16.2. The maximum Gasteiger partial charge on any atom is 0.306 e. The Balaban J connectivity index is 1.59. The first-order valence-electron chi connectivity index (χ1n) is 9.27. The molecular weight excluding hydrogens is 354 g/mol. The minimum atomic E-state index is -0.914. The van der Waals surface area contributed by atoms with E-state index in [-0.39, 0.29) is 24.4 Å². The fraction of sp³-hybridized carbons (Fsp3) is 0.261. The van der Waals surface area contributed by atoms with E-state index < -0.39 is 12.1 Å². The zero-order valence-electron chi connectivity index (χ0n) is 16.2. The SMILES string of the molecule is Cc1ccc(C)c(C(=O)CCC(=O)O[C@H](C)C(=O)c2c[nH]c3ccccc23)c1. The normalized spacial score (nSPS) is 12.0. The number of fused-ring (bicyclic) bond motifs is 1. The van der Waals surface area contributed by atoms with E-state index in [1.807, 2.05) is 56.3 Å². The molecule has 0 amide bonds. The van der Waals surface area contributed by atoms with Crippen LogP contribution in [-0.4, -0.2) is 28.6 Å². The number of aryl methyl sites for hydroxylation is 2. The summed E-state index contributed by atoms with van der Waals surface area (Å²) in [5.74, 6) is -0.931. The molecule has 0 saturated heterocycles. The van der Waals surface area contributed by atoms with E-state index in [0.29, 0.717) is 11.1 Å². The number of aromatic nitrogens is 1. The number of hydrogen-bond donors (Lipinski definition) is 1. The van der Waals surface area contributed by atoms with Crippen LogP contribution >= 0.6 is 0 Å². The highest BCUT2D eigenvalue weighted by atomic mass is 16.5. The lowest BCUT2D eigenvalue weighted by Crippen LogP contribution is -2.24. The van der Waals surface area contributed by atoms with E-state index in [1.54, 1.807) is 13.1 Å². The van der Waals surface area contributed by atoms with Crippen LogP contribution in [-0.2, 0) is 9.53 Å². The quantitative estimate of drug-likeness (QED) is 0.484. The second-order valence-electron chi connectivity index (χ2n) is 6.99. The number of carbonyl (C=O) groups excluding carboxylic acids is 3. The molecule has 1 heterocycles. The van der Waals surface area contributed by atoms with Crippen LogP contribution in [0.2, 0.25) is 0 Å². The van der Waals surface area contributed by atoms with Crippen LogP contribution in [0.15, 0.2) is 48.7 Å². The van der Waals surface area contributed by atoms with Crippen molar-refractivity contribution in [2.75, 3.05) is 0 Å². The van der Waals surface area contributed by atoms with E-state index in [2.05, 4.69) is 4.98 Å². The number of ether oxygens (including phenoxy) is 1. The number of rotatable bonds is 7. The largest absolute Gasteiger partial charge is 0.454 e. The van der Waals surface area contributed by atoms with Crippen molar-refractivity contribution in [1.82, 2.24) is 4.98 Å². The van der Waals surface area contributed by atoms with Gasteiger partial charge in [0, 0.05) is 34.6 Å². The van der Waals surface area contributed by atoms with Gasteiger partial charge in [0.25, 0.3) is 0 Å². The number of carbonyl (C=O) groups is 3. The summed E-state index contributed by atoms with van der Waals surface area (Å²) in [5, 5.41) is 0.792. The number of hydrogen-bond acceptors (Lipinski definition) is 4. The summed E-state index contributed by atoms with van der Waals surface area (Å²) in [6.07, 6.45) is 0.707. The van der Waals surface area contributed by atoms with E-state index in [0.717, 1.165) is 22.0 Å². The highest BCUT2D eigenvalue weighted by molar-refractivity contribution is 6.10. The molecule has 1 N–H and O–H groups in total. The number of nitrogens with one attached hydrogen (secondary N) is 1. The Morgan fingerprint density at radius 1 is 1.00 bits per heavy atom. The molecule has 28 heavy (non-hydrogen) atoms. The summed E-state index contributed by atoms with van der Waals surface area (Å²) in [5.41, 5.74) is 3.84. The van der Waals surface area contributed by atoms with E-state index in [9.17, 15) is 14.4 Å². The number of para-hydroxylation sites is 1. The number of esters is 1. The van der Waals surface area contributed by atoms with Crippen LogP contribution in [0.3, 0.4) is 0 Å². The lowest BCUT2D eigenvalue weighted by Gasteiger charge is -2.12. The van der Waals surface area contributed by atoms with Crippen molar-refractivity contribution in [1.29, 1.82) is 0 Å². The first-order valence-corrected chi connectivity index (χ1v) is 9.27. The Kier molecular flexibility index (Phi) is 5.73. The Morgan fingerprint density at radius 2 is 1.75 bits per heavy atom. The summed E-state index contributed by atoms with van der Waals surface area (Å²) in [6, 6.07) is 13.1. The molecule has 5 heteroatoms. The molecule has 0 aliphatic heterocycles. The van der Waals surface area contributed by atoms with Crippen molar-refractivity contribution in [2.45, 2.75) is 39.7 Å². The van der Waals surface area contributed by atoms with E-state index in [1.165, 1.54) is 0 Å². The number of aromatic amines is 1. The van der Waals surface area contributed by atoms with Crippen LogP contribution in [0.25, 0.3) is 10.9 Å². The summed E-state index contributed by atoms with van der Waals surface area (Å²) >= 11 is 0. The van der Waals surface area contributed by atoms with Crippen molar-refractivity contribution in [3.8, 4) is 0 Å². The van der Waals surface area contributed by atoms with Gasteiger partial charge >= 0.3 is 5.97 Å².